The average Bonchev–Trinajstić information content (AvgIpc) is 3.20. The van der Waals surface area contributed by atoms with Gasteiger partial charge < -0.3 is 0 Å². The summed E-state index contributed by atoms with van der Waals surface area (Å²) in [6.07, 6.45) is 1.69. The second kappa shape index (κ2) is 7.56. The number of hydrogen-bond acceptors (Lipinski definition) is 6. The van der Waals surface area contributed by atoms with Crippen molar-refractivity contribution in [3.05, 3.63) is 42.1 Å². The van der Waals surface area contributed by atoms with Gasteiger partial charge in [0.05, 0.1) is 17.6 Å². The molecule has 11 heteroatoms. The molecule has 0 spiro atoms. The molecule has 0 fully saturated rings. The monoisotopic (exact) mass is 378 g/mol. The van der Waals surface area contributed by atoms with Crippen molar-refractivity contribution in [1.82, 2.24) is 29.5 Å². The number of aromatic nitrogens is 6. The first-order valence-electron chi connectivity index (χ1n) is 8.11. The summed E-state index contributed by atoms with van der Waals surface area (Å²) in [4.78, 5) is 8.44. The lowest BCUT2D eigenvalue weighted by molar-refractivity contribution is -0.142. The molecule has 3 heterocycles. The van der Waals surface area contributed by atoms with Crippen LogP contribution in [-0.4, -0.2) is 41.9 Å². The van der Waals surface area contributed by atoms with Crippen LogP contribution in [0.1, 0.15) is 18.3 Å². The molecule has 0 bridgehead atoms. The van der Waals surface area contributed by atoms with Crippen LogP contribution in [0.15, 0.2) is 35.8 Å². The number of rotatable bonds is 6. The molecule has 3 aromatic heterocycles. The zero-order chi connectivity index (χ0) is 19.4. The van der Waals surface area contributed by atoms with Crippen LogP contribution in [0.2, 0.25) is 0 Å². The Kier molecular flexibility index (Phi) is 5.19. The van der Waals surface area contributed by atoms with Gasteiger partial charge in [-0.05, 0) is 26.0 Å². The molecule has 0 saturated heterocycles. The first-order chi connectivity index (χ1) is 12.8. The van der Waals surface area contributed by atoms with E-state index < -0.39 is 12.7 Å². The molecule has 142 valence electrons. The third-order valence-corrected chi connectivity index (χ3v) is 3.57. The molecule has 0 atom stereocenters. The fourth-order valence-corrected chi connectivity index (χ4v) is 2.37. The Labute approximate surface area is 152 Å². The van der Waals surface area contributed by atoms with Crippen LogP contribution in [-0.2, 0) is 13.1 Å². The van der Waals surface area contributed by atoms with E-state index in [2.05, 4.69) is 30.7 Å². The number of nitrogens with one attached hydrogen (secondary N) is 1. The Balaban J connectivity index is 1.68. The van der Waals surface area contributed by atoms with Crippen molar-refractivity contribution in [2.45, 2.75) is 33.1 Å². The Morgan fingerprint density at radius 2 is 2.04 bits per heavy atom. The van der Waals surface area contributed by atoms with E-state index in [1.54, 1.807) is 12.3 Å². The summed E-state index contributed by atoms with van der Waals surface area (Å²) in [5, 5.41) is 12.1. The normalized spacial score (nSPS) is 12.0. The first-order valence-corrected chi connectivity index (χ1v) is 8.11. The minimum atomic E-state index is -4.32. The number of halogens is 3. The molecular formula is C16H17F3N8. The van der Waals surface area contributed by atoms with Crippen molar-refractivity contribution in [3.63, 3.8) is 0 Å². The molecule has 3 aromatic rings. The molecule has 1 N–H and O–H groups in total. The number of hydrazone groups is 1. The van der Waals surface area contributed by atoms with E-state index in [1.807, 2.05) is 24.7 Å². The average molecular weight is 378 g/mol. The highest BCUT2D eigenvalue weighted by Gasteiger charge is 2.28. The third kappa shape index (κ3) is 4.90. The van der Waals surface area contributed by atoms with E-state index in [0.29, 0.717) is 5.69 Å². The van der Waals surface area contributed by atoms with Crippen molar-refractivity contribution in [2.75, 3.05) is 5.43 Å². The molecule has 8 nitrogen and oxygen atoms in total. The number of nitrogens with zero attached hydrogens (tertiary/aromatic N) is 7. The number of hydrogen-bond donors (Lipinski definition) is 1. The summed E-state index contributed by atoms with van der Waals surface area (Å²) in [6.45, 7) is 3.49. The zero-order valence-corrected chi connectivity index (χ0v) is 14.6. The van der Waals surface area contributed by atoms with E-state index in [4.69, 9.17) is 0 Å². The number of aryl methyl sites for hydroxylation is 2. The first kappa shape index (κ1) is 18.5. The van der Waals surface area contributed by atoms with Crippen LogP contribution in [0.4, 0.5) is 19.1 Å². The van der Waals surface area contributed by atoms with Crippen LogP contribution in [0.3, 0.4) is 0 Å². The lowest BCUT2D eigenvalue weighted by atomic mass is 10.2. The Bertz CT molecular complexity index is 941. The van der Waals surface area contributed by atoms with Crippen LogP contribution in [0.25, 0.3) is 11.3 Å². The van der Waals surface area contributed by atoms with Crippen molar-refractivity contribution in [3.8, 4) is 11.3 Å². The van der Waals surface area contributed by atoms with Gasteiger partial charge in [0.25, 0.3) is 0 Å². The van der Waals surface area contributed by atoms with Crippen LogP contribution in [0, 0.1) is 6.92 Å². The maximum atomic E-state index is 12.3. The van der Waals surface area contributed by atoms with Gasteiger partial charge in [0.1, 0.15) is 12.2 Å². The van der Waals surface area contributed by atoms with Gasteiger partial charge in [-0.15, -0.1) is 0 Å². The molecular weight excluding hydrogens is 361 g/mol. The van der Waals surface area contributed by atoms with Gasteiger partial charge in [-0.3, -0.25) is 9.36 Å². The topological polar surface area (TPSA) is 85.8 Å². The van der Waals surface area contributed by atoms with Crippen molar-refractivity contribution < 1.29 is 13.2 Å². The fraction of sp³-hybridized carbons (Fsp3) is 0.312. The summed E-state index contributed by atoms with van der Waals surface area (Å²) in [7, 11) is 0. The predicted octanol–water partition coefficient (Wildman–Crippen LogP) is 2.87. The minimum Gasteiger partial charge on any atom is -0.272 e. The maximum Gasteiger partial charge on any atom is 0.408 e. The lowest BCUT2D eigenvalue weighted by Crippen LogP contribution is -2.18. The van der Waals surface area contributed by atoms with Crippen molar-refractivity contribution in [1.29, 1.82) is 0 Å². The summed E-state index contributed by atoms with van der Waals surface area (Å²) >= 11 is 0. The minimum absolute atomic E-state index is 0.252. The van der Waals surface area contributed by atoms with Gasteiger partial charge in [0.2, 0.25) is 5.95 Å². The van der Waals surface area contributed by atoms with Crippen LogP contribution >= 0.6 is 0 Å². The SMILES string of the molecule is CCn1cc(-c2ccnc(NN=Cc3ccn(CC(F)(F)F)n3)n2)c(C)n1. The molecule has 0 aliphatic carbocycles. The van der Waals surface area contributed by atoms with Gasteiger partial charge in [-0.2, -0.15) is 28.5 Å². The highest BCUT2D eigenvalue weighted by atomic mass is 19.4. The van der Waals surface area contributed by atoms with Gasteiger partial charge in [-0.1, -0.05) is 0 Å². The summed E-state index contributed by atoms with van der Waals surface area (Å²) < 4.78 is 39.6. The van der Waals surface area contributed by atoms with Gasteiger partial charge in [-0.25, -0.2) is 15.4 Å². The lowest BCUT2D eigenvalue weighted by Gasteiger charge is -2.04. The smallest absolute Gasteiger partial charge is 0.272 e. The maximum absolute atomic E-state index is 12.3. The van der Waals surface area contributed by atoms with E-state index in [0.717, 1.165) is 22.5 Å². The highest BCUT2D eigenvalue weighted by molar-refractivity contribution is 5.77. The molecule has 0 amide bonds. The molecule has 27 heavy (non-hydrogen) atoms. The molecule has 0 saturated carbocycles. The van der Waals surface area contributed by atoms with Gasteiger partial charge in [0.15, 0.2) is 0 Å². The Hall–Kier alpha value is -3.24. The molecule has 0 radical (unpaired) electrons. The molecule has 0 aliphatic rings. The molecule has 0 aliphatic heterocycles. The molecule has 0 unspecified atom stereocenters. The summed E-state index contributed by atoms with van der Waals surface area (Å²) in [5.74, 6) is 0.252. The fourth-order valence-electron chi connectivity index (χ4n) is 2.37. The molecule has 0 aromatic carbocycles. The predicted molar refractivity (Wildman–Crippen MR) is 93.2 cm³/mol. The second-order valence-electron chi connectivity index (χ2n) is 5.67. The third-order valence-electron chi connectivity index (χ3n) is 3.57. The standard InChI is InChI=1S/C16H17F3N8/c1-3-26-9-13(11(2)24-26)14-4-6-20-15(22-14)23-21-8-12-5-7-27(25-12)10-16(17,18)19/h4-9H,3,10H2,1-2H3,(H,20,22,23). The van der Waals surface area contributed by atoms with Gasteiger partial charge in [0, 0.05) is 30.7 Å². The summed E-state index contributed by atoms with van der Waals surface area (Å²) in [6, 6.07) is 3.19. The van der Waals surface area contributed by atoms with Crippen LogP contribution in [0.5, 0.6) is 0 Å². The van der Waals surface area contributed by atoms with Crippen molar-refractivity contribution in [2.24, 2.45) is 5.10 Å². The zero-order valence-electron chi connectivity index (χ0n) is 14.6. The number of anilines is 1. The van der Waals surface area contributed by atoms with Gasteiger partial charge >= 0.3 is 6.18 Å². The Morgan fingerprint density at radius 1 is 1.22 bits per heavy atom. The van der Waals surface area contributed by atoms with Crippen molar-refractivity contribution >= 4 is 12.2 Å². The van der Waals surface area contributed by atoms with Crippen LogP contribution < -0.4 is 5.43 Å². The van der Waals surface area contributed by atoms with E-state index >= 15 is 0 Å². The summed E-state index contributed by atoms with van der Waals surface area (Å²) in [5.41, 5.74) is 5.35. The second-order valence-corrected chi connectivity index (χ2v) is 5.67. The largest absolute Gasteiger partial charge is 0.408 e. The van der Waals surface area contributed by atoms with E-state index in [1.165, 1.54) is 18.5 Å². The Morgan fingerprint density at radius 3 is 2.74 bits per heavy atom. The quantitative estimate of drug-likeness (QED) is 0.527. The van der Waals surface area contributed by atoms with E-state index in [-0.39, 0.29) is 11.6 Å². The van der Waals surface area contributed by atoms with E-state index in [9.17, 15) is 13.2 Å². The highest BCUT2D eigenvalue weighted by Crippen LogP contribution is 2.21. The number of alkyl halides is 3. The molecule has 3 rings (SSSR count).